The Bertz CT molecular complexity index is 791. The van der Waals surface area contributed by atoms with Crippen molar-refractivity contribution < 1.29 is 9.53 Å². The molecule has 6 heteroatoms. The summed E-state index contributed by atoms with van der Waals surface area (Å²) in [4.78, 5) is 18.8. The monoisotopic (exact) mass is 376 g/mol. The summed E-state index contributed by atoms with van der Waals surface area (Å²) in [5.41, 5.74) is 1.31. The highest BCUT2D eigenvalue weighted by Crippen LogP contribution is 2.33. The Labute approximate surface area is 157 Å². The summed E-state index contributed by atoms with van der Waals surface area (Å²) < 4.78 is 5.71. The zero-order valence-electron chi connectivity index (χ0n) is 13.9. The van der Waals surface area contributed by atoms with E-state index in [4.69, 9.17) is 27.9 Å². The van der Waals surface area contributed by atoms with Crippen LogP contribution in [0.15, 0.2) is 48.8 Å². The summed E-state index contributed by atoms with van der Waals surface area (Å²) >= 11 is 12.2. The van der Waals surface area contributed by atoms with Gasteiger partial charge >= 0.3 is 0 Å². The fourth-order valence-corrected chi connectivity index (χ4v) is 3.36. The summed E-state index contributed by atoms with van der Waals surface area (Å²) in [7, 11) is 0. The Balaban J connectivity index is 1.75. The number of aromatic nitrogens is 1. The minimum atomic E-state index is -0.0462. The molecule has 25 heavy (non-hydrogen) atoms. The minimum Gasteiger partial charge on any atom is -0.486 e. The van der Waals surface area contributed by atoms with Crippen LogP contribution in [0.3, 0.4) is 0 Å². The highest BCUT2D eigenvalue weighted by atomic mass is 35.5. The molecule has 3 rings (SSSR count). The van der Waals surface area contributed by atoms with Crippen LogP contribution in [0.1, 0.15) is 29.8 Å². The van der Waals surface area contributed by atoms with Crippen molar-refractivity contribution >= 4 is 29.1 Å². The lowest BCUT2D eigenvalue weighted by Gasteiger charge is -2.26. The van der Waals surface area contributed by atoms with Crippen LogP contribution in [-0.4, -0.2) is 27.9 Å². The fourth-order valence-electron chi connectivity index (χ4n) is 2.86. The maximum absolute atomic E-state index is 12.8. The van der Waals surface area contributed by atoms with Gasteiger partial charge in [-0.1, -0.05) is 41.4 Å². The molecule has 0 spiro atoms. The van der Waals surface area contributed by atoms with E-state index in [1.165, 1.54) is 0 Å². The number of carbonyl (C=O) groups is 1. The van der Waals surface area contributed by atoms with E-state index in [0.717, 1.165) is 5.56 Å². The van der Waals surface area contributed by atoms with Crippen molar-refractivity contribution in [3.05, 3.63) is 70.0 Å². The highest BCUT2D eigenvalue weighted by Gasteiger charge is 2.28. The Hall–Kier alpha value is -2.04. The average Bonchev–Trinajstić information content (AvgIpc) is 2.93. The molecule has 0 radical (unpaired) electrons. The van der Waals surface area contributed by atoms with Crippen molar-refractivity contribution in [3.63, 3.8) is 0 Å². The normalized spacial score (nSPS) is 19.3. The zero-order chi connectivity index (χ0) is 18.0. The minimum absolute atomic E-state index is 0.0462. The molecule has 4 nitrogen and oxygen atoms in total. The maximum Gasteiger partial charge on any atom is 0.256 e. The molecule has 1 amide bonds. The molecule has 0 fully saturated rings. The SMILES string of the molecule is CC1C=CC(C)N1C(=O)c1cncc(COc2c(Cl)cccc2Cl)c1. The van der Waals surface area contributed by atoms with Gasteiger partial charge in [-0.05, 0) is 32.0 Å². The van der Waals surface area contributed by atoms with Crippen LogP contribution in [0.25, 0.3) is 0 Å². The first-order valence-corrected chi connectivity index (χ1v) is 8.74. The Kier molecular flexibility index (Phi) is 5.30. The molecule has 0 bridgehead atoms. The van der Waals surface area contributed by atoms with E-state index in [2.05, 4.69) is 4.98 Å². The van der Waals surface area contributed by atoms with E-state index >= 15 is 0 Å². The van der Waals surface area contributed by atoms with Gasteiger partial charge in [0.05, 0.1) is 15.6 Å². The molecule has 1 aliphatic rings. The summed E-state index contributed by atoms with van der Waals surface area (Å²) in [6.07, 6.45) is 7.30. The molecule has 0 aliphatic carbocycles. The highest BCUT2D eigenvalue weighted by molar-refractivity contribution is 6.37. The largest absolute Gasteiger partial charge is 0.486 e. The van der Waals surface area contributed by atoms with Gasteiger partial charge in [-0.2, -0.15) is 0 Å². The van der Waals surface area contributed by atoms with Crippen LogP contribution in [0, 0.1) is 0 Å². The Morgan fingerprint density at radius 1 is 1.16 bits per heavy atom. The molecule has 1 aromatic heterocycles. The second-order valence-corrected chi connectivity index (χ2v) is 6.81. The average molecular weight is 377 g/mol. The summed E-state index contributed by atoms with van der Waals surface area (Å²) in [5, 5.41) is 0.886. The molecule has 2 unspecified atom stereocenters. The van der Waals surface area contributed by atoms with E-state index < -0.39 is 0 Å². The number of hydrogen-bond donors (Lipinski definition) is 0. The lowest BCUT2D eigenvalue weighted by molar-refractivity contribution is 0.0709. The van der Waals surface area contributed by atoms with E-state index in [9.17, 15) is 4.79 Å². The smallest absolute Gasteiger partial charge is 0.256 e. The second kappa shape index (κ2) is 7.46. The first-order chi connectivity index (χ1) is 12.0. The predicted octanol–water partition coefficient (Wildman–Crippen LogP) is 4.76. The second-order valence-electron chi connectivity index (χ2n) is 6.00. The van der Waals surface area contributed by atoms with Crippen molar-refractivity contribution in [2.75, 3.05) is 0 Å². The van der Waals surface area contributed by atoms with Gasteiger partial charge in [-0.25, -0.2) is 0 Å². The fraction of sp³-hybridized carbons (Fsp3) is 0.263. The summed E-state index contributed by atoms with van der Waals surface area (Å²) in [5.74, 6) is 0.378. The van der Waals surface area contributed by atoms with E-state index in [0.29, 0.717) is 21.4 Å². The standard InChI is InChI=1S/C19H18Cl2N2O2/c1-12-6-7-13(2)23(12)19(24)15-8-14(9-22-10-15)11-25-18-16(20)4-3-5-17(18)21/h3-10,12-13H,11H2,1-2H3. The molecular formula is C19H18Cl2N2O2. The van der Waals surface area contributed by atoms with Crippen LogP contribution in [-0.2, 0) is 6.61 Å². The van der Waals surface area contributed by atoms with Gasteiger partial charge in [0.15, 0.2) is 5.75 Å². The van der Waals surface area contributed by atoms with Gasteiger partial charge in [0, 0.05) is 30.0 Å². The number of nitrogens with zero attached hydrogens (tertiary/aromatic N) is 2. The van der Waals surface area contributed by atoms with Crippen molar-refractivity contribution in [1.82, 2.24) is 9.88 Å². The summed E-state index contributed by atoms with van der Waals surface area (Å²) in [6, 6.07) is 7.12. The number of benzene rings is 1. The van der Waals surface area contributed by atoms with E-state index in [-0.39, 0.29) is 24.6 Å². The van der Waals surface area contributed by atoms with Crippen LogP contribution < -0.4 is 4.74 Å². The number of hydrogen-bond acceptors (Lipinski definition) is 3. The molecule has 1 aliphatic heterocycles. The van der Waals surface area contributed by atoms with Crippen molar-refractivity contribution in [3.8, 4) is 5.75 Å². The van der Waals surface area contributed by atoms with Gasteiger partial charge in [0.25, 0.3) is 5.91 Å². The van der Waals surface area contributed by atoms with Crippen molar-refractivity contribution in [1.29, 1.82) is 0 Å². The third kappa shape index (κ3) is 3.80. The van der Waals surface area contributed by atoms with Crippen LogP contribution in [0.2, 0.25) is 10.0 Å². The number of carbonyl (C=O) groups excluding carboxylic acids is 1. The third-order valence-electron chi connectivity index (χ3n) is 4.12. The maximum atomic E-state index is 12.8. The zero-order valence-corrected chi connectivity index (χ0v) is 15.5. The molecule has 130 valence electrons. The van der Waals surface area contributed by atoms with Crippen molar-refractivity contribution in [2.45, 2.75) is 32.5 Å². The van der Waals surface area contributed by atoms with Crippen LogP contribution in [0.5, 0.6) is 5.75 Å². The molecule has 0 saturated carbocycles. The molecule has 2 aromatic rings. The summed E-state index contributed by atoms with van der Waals surface area (Å²) in [6.45, 7) is 4.22. The van der Waals surface area contributed by atoms with Gasteiger partial charge in [-0.3, -0.25) is 9.78 Å². The molecule has 0 saturated heterocycles. The molecule has 1 aromatic carbocycles. The Morgan fingerprint density at radius 3 is 2.44 bits per heavy atom. The predicted molar refractivity (Wildman–Crippen MR) is 99.3 cm³/mol. The molecule has 2 heterocycles. The van der Waals surface area contributed by atoms with E-state index in [1.807, 2.05) is 30.9 Å². The topological polar surface area (TPSA) is 42.4 Å². The lowest BCUT2D eigenvalue weighted by Crippen LogP contribution is -2.39. The lowest BCUT2D eigenvalue weighted by atomic mass is 10.1. The van der Waals surface area contributed by atoms with Gasteiger partial charge < -0.3 is 9.64 Å². The Morgan fingerprint density at radius 2 is 1.80 bits per heavy atom. The first-order valence-electron chi connectivity index (χ1n) is 7.99. The van der Waals surface area contributed by atoms with Crippen LogP contribution >= 0.6 is 23.2 Å². The number of rotatable bonds is 4. The first kappa shape index (κ1) is 17.8. The number of ether oxygens (including phenoxy) is 1. The number of halogens is 2. The number of para-hydroxylation sites is 1. The number of amides is 1. The quantitative estimate of drug-likeness (QED) is 0.722. The van der Waals surface area contributed by atoms with Gasteiger partial charge in [-0.15, -0.1) is 0 Å². The van der Waals surface area contributed by atoms with Crippen molar-refractivity contribution in [2.24, 2.45) is 0 Å². The number of pyridine rings is 1. The molecular weight excluding hydrogens is 359 g/mol. The molecule has 2 atom stereocenters. The van der Waals surface area contributed by atoms with Crippen LogP contribution in [0.4, 0.5) is 0 Å². The van der Waals surface area contributed by atoms with E-state index in [1.54, 1.807) is 36.7 Å². The van der Waals surface area contributed by atoms with Gasteiger partial charge in [0.2, 0.25) is 0 Å². The molecule has 0 N–H and O–H groups in total. The third-order valence-corrected chi connectivity index (χ3v) is 4.72. The van der Waals surface area contributed by atoms with Gasteiger partial charge in [0.1, 0.15) is 6.61 Å².